The minimum absolute atomic E-state index is 0.0266. The van der Waals surface area contributed by atoms with Crippen LogP contribution in [0.15, 0.2) is 39.6 Å². The molecule has 0 aliphatic carbocycles. The summed E-state index contributed by atoms with van der Waals surface area (Å²) in [5.74, 6) is 1.62. The Morgan fingerprint density at radius 3 is 2.60 bits per heavy atom. The molecule has 1 aromatic carbocycles. The van der Waals surface area contributed by atoms with E-state index in [1.165, 1.54) is 0 Å². The highest BCUT2D eigenvalue weighted by atomic mass is 32.2. The second-order valence-electron chi connectivity index (χ2n) is 8.10. The molecule has 0 spiro atoms. The predicted octanol–water partition coefficient (Wildman–Crippen LogP) is 3.00. The topological polar surface area (TPSA) is 82.9 Å². The molecule has 0 radical (unpaired) electrons. The van der Waals surface area contributed by atoms with Crippen molar-refractivity contribution in [1.82, 2.24) is 9.62 Å². The number of furan rings is 1. The molecule has 7 nitrogen and oxygen atoms in total. The average Bonchev–Trinajstić information content (AvgIpc) is 3.43. The van der Waals surface area contributed by atoms with Crippen molar-refractivity contribution in [3.8, 4) is 0 Å². The Bertz CT molecular complexity index is 1020. The van der Waals surface area contributed by atoms with Crippen molar-refractivity contribution in [2.45, 2.75) is 50.5 Å². The second kappa shape index (κ2) is 8.53. The molecule has 2 aliphatic heterocycles. The molecule has 30 heavy (non-hydrogen) atoms. The van der Waals surface area contributed by atoms with E-state index in [2.05, 4.69) is 5.32 Å². The van der Waals surface area contributed by atoms with E-state index in [1.807, 2.05) is 26.0 Å². The van der Waals surface area contributed by atoms with E-state index in [0.717, 1.165) is 48.5 Å². The number of sulfonamides is 1. The lowest BCUT2D eigenvalue weighted by atomic mass is 10.0. The fraction of sp³-hybridized carbons (Fsp3) is 0.500. The molecular formula is C22H29N3O4S. The first-order valence-electron chi connectivity index (χ1n) is 10.6. The van der Waals surface area contributed by atoms with Gasteiger partial charge in [-0.3, -0.25) is 10.1 Å². The van der Waals surface area contributed by atoms with Crippen LogP contribution in [-0.2, 0) is 21.2 Å². The van der Waals surface area contributed by atoms with Crippen molar-refractivity contribution in [3.05, 3.63) is 47.4 Å². The molecule has 1 fully saturated rings. The van der Waals surface area contributed by atoms with Crippen LogP contribution < -0.4 is 10.2 Å². The summed E-state index contributed by atoms with van der Waals surface area (Å²) in [5.41, 5.74) is 1.74. The highest BCUT2D eigenvalue weighted by Gasteiger charge is 2.29. The van der Waals surface area contributed by atoms with E-state index in [4.69, 9.17) is 4.42 Å². The van der Waals surface area contributed by atoms with Gasteiger partial charge in [-0.05, 0) is 75.4 Å². The lowest BCUT2D eigenvalue weighted by Gasteiger charge is -2.30. The lowest BCUT2D eigenvalue weighted by molar-refractivity contribution is -0.118. The monoisotopic (exact) mass is 431 g/mol. The smallest absolute Gasteiger partial charge is 0.243 e. The Balaban J connectivity index is 1.47. The third-order valence-electron chi connectivity index (χ3n) is 5.92. The third-order valence-corrected chi connectivity index (χ3v) is 7.82. The van der Waals surface area contributed by atoms with Crippen molar-refractivity contribution in [1.29, 1.82) is 0 Å². The molecule has 1 unspecified atom stereocenters. The van der Waals surface area contributed by atoms with E-state index in [9.17, 15) is 13.2 Å². The second-order valence-corrected chi connectivity index (χ2v) is 10.0. The summed E-state index contributed by atoms with van der Waals surface area (Å²) in [7, 11) is -3.45. The van der Waals surface area contributed by atoms with Gasteiger partial charge in [0.25, 0.3) is 0 Å². The van der Waals surface area contributed by atoms with E-state index < -0.39 is 10.0 Å². The molecule has 2 aromatic rings. The molecule has 162 valence electrons. The fourth-order valence-electron chi connectivity index (χ4n) is 4.19. The van der Waals surface area contributed by atoms with Crippen LogP contribution in [0.2, 0.25) is 0 Å². The number of benzene rings is 1. The Morgan fingerprint density at radius 1 is 1.13 bits per heavy atom. The number of fused-ring (bicyclic) bond motifs is 1. The number of carbonyl (C=O) groups excluding carboxylic acids is 1. The normalized spacial score (nSPS) is 18.4. The minimum Gasteiger partial charge on any atom is -0.465 e. The van der Waals surface area contributed by atoms with Gasteiger partial charge in [-0.1, -0.05) is 0 Å². The Morgan fingerprint density at radius 2 is 1.90 bits per heavy atom. The maximum absolute atomic E-state index is 12.9. The number of anilines is 1. The Hall–Kier alpha value is -2.16. The molecule has 3 heterocycles. The molecule has 1 atom stereocenters. The van der Waals surface area contributed by atoms with Crippen LogP contribution in [0.5, 0.6) is 0 Å². The van der Waals surface area contributed by atoms with Crippen LogP contribution in [-0.4, -0.2) is 44.8 Å². The van der Waals surface area contributed by atoms with E-state index in [-0.39, 0.29) is 18.5 Å². The van der Waals surface area contributed by atoms with Crippen molar-refractivity contribution >= 4 is 21.6 Å². The SMILES string of the molecule is Cc1ccc(C(C)NCC(=O)N2CCCc3cc(S(=O)(=O)N4CCCC4)ccc32)o1. The van der Waals surface area contributed by atoms with Crippen molar-refractivity contribution < 1.29 is 17.6 Å². The molecule has 8 heteroatoms. The summed E-state index contributed by atoms with van der Waals surface area (Å²) in [6, 6.07) is 8.93. The zero-order valence-electron chi connectivity index (χ0n) is 17.6. The summed E-state index contributed by atoms with van der Waals surface area (Å²) in [4.78, 5) is 15.0. The predicted molar refractivity (Wildman–Crippen MR) is 115 cm³/mol. The fourth-order valence-corrected chi connectivity index (χ4v) is 5.76. The van der Waals surface area contributed by atoms with Gasteiger partial charge in [-0.15, -0.1) is 0 Å². The van der Waals surface area contributed by atoms with Crippen LogP contribution in [0.3, 0.4) is 0 Å². The molecule has 2 aliphatic rings. The summed E-state index contributed by atoms with van der Waals surface area (Å²) in [6.07, 6.45) is 3.42. The zero-order valence-corrected chi connectivity index (χ0v) is 18.4. The first-order valence-corrected chi connectivity index (χ1v) is 12.0. The zero-order chi connectivity index (χ0) is 21.3. The Kier molecular flexibility index (Phi) is 5.99. The van der Waals surface area contributed by atoms with E-state index in [1.54, 1.807) is 27.4 Å². The van der Waals surface area contributed by atoms with E-state index >= 15 is 0 Å². The number of nitrogens with zero attached hydrogens (tertiary/aromatic N) is 2. The summed E-state index contributed by atoms with van der Waals surface area (Å²) >= 11 is 0. The number of hydrogen-bond donors (Lipinski definition) is 1. The number of carbonyl (C=O) groups is 1. The van der Waals surface area contributed by atoms with Gasteiger partial charge in [-0.2, -0.15) is 4.31 Å². The number of hydrogen-bond acceptors (Lipinski definition) is 5. The van der Waals surface area contributed by atoms with Gasteiger partial charge in [0, 0.05) is 25.3 Å². The van der Waals surface area contributed by atoms with Crippen LogP contribution >= 0.6 is 0 Å². The molecule has 1 amide bonds. The number of amides is 1. The first-order chi connectivity index (χ1) is 14.4. The van der Waals surface area contributed by atoms with Crippen LogP contribution in [0.1, 0.15) is 49.3 Å². The first kappa shape index (κ1) is 21.1. The standard InChI is InChI=1S/C22H29N3O4S/c1-16-7-10-21(29-16)17(2)23-15-22(26)25-13-5-6-18-14-19(8-9-20(18)25)30(27,28)24-11-3-4-12-24/h7-10,14,17,23H,3-6,11-13,15H2,1-2H3. The molecule has 0 bridgehead atoms. The highest BCUT2D eigenvalue weighted by molar-refractivity contribution is 7.89. The quantitative estimate of drug-likeness (QED) is 0.760. The summed E-state index contributed by atoms with van der Waals surface area (Å²) < 4.78 is 32.9. The molecule has 1 N–H and O–H groups in total. The number of aryl methyl sites for hydroxylation is 2. The maximum atomic E-state index is 12.9. The van der Waals surface area contributed by atoms with Gasteiger partial charge in [0.1, 0.15) is 11.5 Å². The van der Waals surface area contributed by atoms with Gasteiger partial charge in [0.2, 0.25) is 15.9 Å². The molecule has 0 saturated carbocycles. The summed E-state index contributed by atoms with van der Waals surface area (Å²) in [5, 5.41) is 3.23. The minimum atomic E-state index is -3.45. The maximum Gasteiger partial charge on any atom is 0.243 e. The van der Waals surface area contributed by atoms with Gasteiger partial charge in [-0.25, -0.2) is 8.42 Å². The van der Waals surface area contributed by atoms with Crippen LogP contribution in [0.4, 0.5) is 5.69 Å². The molecule has 4 rings (SSSR count). The third kappa shape index (κ3) is 4.17. The van der Waals surface area contributed by atoms with Crippen molar-refractivity contribution in [3.63, 3.8) is 0 Å². The van der Waals surface area contributed by atoms with Crippen molar-refractivity contribution in [2.75, 3.05) is 31.1 Å². The summed E-state index contributed by atoms with van der Waals surface area (Å²) in [6.45, 7) is 5.86. The van der Waals surface area contributed by atoms with Gasteiger partial charge in [0.05, 0.1) is 17.5 Å². The van der Waals surface area contributed by atoms with Gasteiger partial charge in [0.15, 0.2) is 0 Å². The van der Waals surface area contributed by atoms with E-state index in [0.29, 0.717) is 24.5 Å². The van der Waals surface area contributed by atoms with Crippen molar-refractivity contribution in [2.24, 2.45) is 0 Å². The number of rotatable bonds is 6. The number of nitrogens with one attached hydrogen (secondary N) is 1. The average molecular weight is 432 g/mol. The molecular weight excluding hydrogens is 402 g/mol. The Labute approximate surface area is 178 Å². The largest absolute Gasteiger partial charge is 0.465 e. The highest BCUT2D eigenvalue weighted by Crippen LogP contribution is 2.31. The van der Waals surface area contributed by atoms with Crippen LogP contribution in [0, 0.1) is 6.92 Å². The van der Waals surface area contributed by atoms with Gasteiger partial charge < -0.3 is 9.32 Å². The molecule has 1 aromatic heterocycles. The molecule has 1 saturated heterocycles. The van der Waals surface area contributed by atoms with Gasteiger partial charge >= 0.3 is 0 Å². The lowest BCUT2D eigenvalue weighted by Crippen LogP contribution is -2.41. The van der Waals surface area contributed by atoms with Crippen LogP contribution in [0.25, 0.3) is 0 Å².